The molecule has 0 aromatic carbocycles. The first-order valence-corrected chi connectivity index (χ1v) is 31.3. The van der Waals surface area contributed by atoms with Gasteiger partial charge in [0.25, 0.3) is 0 Å². The third kappa shape index (κ3) is 11.8. The van der Waals surface area contributed by atoms with Crippen LogP contribution in [0.4, 0.5) is 0 Å². The highest BCUT2D eigenvalue weighted by Gasteiger charge is 2.70. The highest BCUT2D eigenvalue weighted by atomic mass is 16.8. The molecule has 87 heavy (non-hydrogen) atoms. The Morgan fingerprint density at radius 3 is 1.76 bits per heavy atom. The van der Waals surface area contributed by atoms with Gasteiger partial charge >= 0.3 is 11.9 Å². The zero-order valence-corrected chi connectivity index (χ0v) is 51.6. The van der Waals surface area contributed by atoms with Crippen LogP contribution in [-0.4, -0.2) is 252 Å². The predicted octanol–water partition coefficient (Wildman–Crippen LogP) is -0.946. The summed E-state index contributed by atoms with van der Waals surface area (Å²) >= 11 is 0. The molecular formula is C61H98O26. The minimum Gasteiger partial charge on any atom is -0.463 e. The van der Waals surface area contributed by atoms with E-state index in [4.69, 9.17) is 52.1 Å². The van der Waals surface area contributed by atoms with E-state index in [0.29, 0.717) is 38.5 Å². The van der Waals surface area contributed by atoms with E-state index in [-0.39, 0.29) is 52.1 Å². The van der Waals surface area contributed by atoms with Crippen LogP contribution in [0.2, 0.25) is 0 Å². The van der Waals surface area contributed by atoms with Crippen LogP contribution in [0, 0.1) is 50.2 Å². The molecule has 0 bridgehead atoms. The van der Waals surface area contributed by atoms with Crippen molar-refractivity contribution in [3.8, 4) is 0 Å². The van der Waals surface area contributed by atoms with Crippen LogP contribution in [0.3, 0.4) is 0 Å². The van der Waals surface area contributed by atoms with Gasteiger partial charge in [-0.3, -0.25) is 9.59 Å². The number of carbonyl (C=O) groups excluding carboxylic acids is 2. The molecule has 498 valence electrons. The van der Waals surface area contributed by atoms with Crippen molar-refractivity contribution >= 4 is 11.9 Å². The summed E-state index contributed by atoms with van der Waals surface area (Å²) in [6, 6.07) is 0. The molecule has 10 rings (SSSR count). The SMILES string of the molecule is CC(=O)OCC1OC(OCC2OC(OC(=O)C34CCC(C)(C)CC3C3=CCC5C6(C)CCC(OC7OCC(O)C(O)C7OC7OC(C)C(O)C(O)C7O)C(C)(C)C6CCC5(C)C3(C)CC4)C(O)C(O)C2O)C(O)C(O)C1OC1OC(C)C(O)C(O)C1O. The Bertz CT molecular complexity index is 2470. The number of carbonyl (C=O) groups is 2. The van der Waals surface area contributed by atoms with E-state index in [1.54, 1.807) is 0 Å². The van der Waals surface area contributed by atoms with E-state index < -0.39 is 183 Å². The molecule has 9 fully saturated rings. The number of esters is 2. The Balaban J connectivity index is 0.830. The third-order valence-corrected chi connectivity index (χ3v) is 23.3. The second kappa shape index (κ2) is 24.9. The molecule has 5 aliphatic carbocycles. The fourth-order valence-corrected chi connectivity index (χ4v) is 17.7. The molecule has 26 nitrogen and oxygen atoms in total. The van der Waals surface area contributed by atoms with Crippen LogP contribution in [0.15, 0.2) is 11.6 Å². The van der Waals surface area contributed by atoms with Crippen LogP contribution in [0.25, 0.3) is 0 Å². The lowest BCUT2D eigenvalue weighted by atomic mass is 9.33. The average Bonchev–Trinajstić information content (AvgIpc) is 0.682. The van der Waals surface area contributed by atoms with E-state index in [0.717, 1.165) is 32.6 Å². The van der Waals surface area contributed by atoms with Gasteiger partial charge in [0.05, 0.1) is 36.9 Å². The molecule has 13 N–H and O–H groups in total. The van der Waals surface area contributed by atoms with Crippen molar-refractivity contribution in [2.75, 3.05) is 19.8 Å². The molecule has 0 spiro atoms. The molecule has 5 aliphatic heterocycles. The van der Waals surface area contributed by atoms with Crippen molar-refractivity contribution in [2.45, 2.75) is 287 Å². The normalized spacial score (nSPS) is 53.1. The number of aliphatic hydroxyl groups is 13. The minimum absolute atomic E-state index is 0.162. The Morgan fingerprint density at radius 1 is 0.552 bits per heavy atom. The van der Waals surface area contributed by atoms with Crippen LogP contribution >= 0.6 is 0 Å². The maximum Gasteiger partial charge on any atom is 0.315 e. The van der Waals surface area contributed by atoms with E-state index in [1.807, 2.05) is 0 Å². The summed E-state index contributed by atoms with van der Waals surface area (Å²) in [7, 11) is 0. The van der Waals surface area contributed by atoms with Gasteiger partial charge in [-0.15, -0.1) is 0 Å². The number of hydrogen-bond acceptors (Lipinski definition) is 26. The molecule has 5 heterocycles. The summed E-state index contributed by atoms with van der Waals surface area (Å²) in [5.41, 5.74) is -1.19. The van der Waals surface area contributed by atoms with E-state index in [9.17, 15) is 71.2 Å². The first-order chi connectivity index (χ1) is 40.6. The number of ether oxygens (including phenoxy) is 11. The lowest BCUT2D eigenvalue weighted by molar-refractivity contribution is -0.364. The summed E-state index contributed by atoms with van der Waals surface area (Å²) in [6.07, 6.45) is -28.4. The highest BCUT2D eigenvalue weighted by Crippen LogP contribution is 2.76. The standard InChI is InChI=1S/C61H98O26/c1-25-36(64)40(68)44(72)51(80-25)85-48-32(24-77-27(3)62)83-50(47(75)43(48)71)79-23-31-39(67)42(70)46(74)53(82-31)87-55(76)61-19-17-56(4,5)21-29(61)28-11-12-34-58(8)15-14-35(57(6,7)33(58)13-16-60(34,10)59(28,9)18-20-61)84-54-49(38(66)30(63)22-78-54)86-52-45(73)41(69)37(65)26(2)81-52/h11,25-26,29-54,63-75H,12-24H2,1-10H3. The van der Waals surface area contributed by atoms with Gasteiger partial charge in [0, 0.05) is 6.92 Å². The van der Waals surface area contributed by atoms with Gasteiger partial charge in [-0.05, 0) is 123 Å². The van der Waals surface area contributed by atoms with Gasteiger partial charge in [-0.25, -0.2) is 0 Å². The smallest absolute Gasteiger partial charge is 0.315 e. The lowest BCUT2D eigenvalue weighted by Crippen LogP contribution is -2.66. The Hall–Kier alpha value is -2.20. The largest absolute Gasteiger partial charge is 0.463 e. The molecule has 10 aliphatic rings. The zero-order chi connectivity index (χ0) is 63.6. The second-order valence-corrected chi connectivity index (χ2v) is 29.3. The molecular weight excluding hydrogens is 1150 g/mol. The third-order valence-electron chi connectivity index (χ3n) is 23.3. The molecule has 0 aromatic heterocycles. The van der Waals surface area contributed by atoms with E-state index in [1.165, 1.54) is 19.4 Å². The van der Waals surface area contributed by atoms with Gasteiger partial charge in [0.1, 0.15) is 110 Å². The topological polar surface area (TPSA) is 399 Å². The molecule has 32 unspecified atom stereocenters. The van der Waals surface area contributed by atoms with Crippen molar-refractivity contribution in [3.63, 3.8) is 0 Å². The fourth-order valence-electron chi connectivity index (χ4n) is 17.7. The molecule has 32 atom stereocenters. The average molecular weight is 1250 g/mol. The van der Waals surface area contributed by atoms with Gasteiger partial charge < -0.3 is 118 Å². The second-order valence-electron chi connectivity index (χ2n) is 29.3. The van der Waals surface area contributed by atoms with Gasteiger partial charge in [0.2, 0.25) is 6.29 Å². The Morgan fingerprint density at radius 2 is 1.13 bits per heavy atom. The van der Waals surface area contributed by atoms with Crippen molar-refractivity contribution in [1.82, 2.24) is 0 Å². The molecule has 0 amide bonds. The van der Waals surface area contributed by atoms with Crippen LogP contribution < -0.4 is 0 Å². The van der Waals surface area contributed by atoms with Crippen LogP contribution in [-0.2, 0) is 61.7 Å². The summed E-state index contributed by atoms with van der Waals surface area (Å²) in [4.78, 5) is 27.2. The maximum atomic E-state index is 15.3. The van der Waals surface area contributed by atoms with Crippen molar-refractivity contribution in [3.05, 3.63) is 11.6 Å². The van der Waals surface area contributed by atoms with Crippen LogP contribution in [0.5, 0.6) is 0 Å². The van der Waals surface area contributed by atoms with Crippen molar-refractivity contribution in [2.24, 2.45) is 50.2 Å². The van der Waals surface area contributed by atoms with Gasteiger partial charge in [-0.2, -0.15) is 0 Å². The number of rotatable bonds is 13. The molecule has 0 radical (unpaired) electrons. The van der Waals surface area contributed by atoms with Gasteiger partial charge in [0.15, 0.2) is 25.2 Å². The summed E-state index contributed by atoms with van der Waals surface area (Å²) < 4.78 is 65.3. The summed E-state index contributed by atoms with van der Waals surface area (Å²) in [5.74, 6) is -1.23. The minimum atomic E-state index is -1.91. The molecule has 4 saturated carbocycles. The first-order valence-electron chi connectivity index (χ1n) is 31.3. The number of fused-ring (bicyclic) bond motifs is 7. The molecule has 26 heteroatoms. The van der Waals surface area contributed by atoms with Crippen molar-refractivity contribution < 1.29 is 128 Å². The zero-order valence-electron chi connectivity index (χ0n) is 51.6. The predicted molar refractivity (Wildman–Crippen MR) is 296 cm³/mol. The number of aliphatic hydroxyl groups excluding tert-OH is 13. The van der Waals surface area contributed by atoms with E-state index in [2.05, 4.69) is 54.5 Å². The Labute approximate surface area is 507 Å². The number of hydrogen-bond donors (Lipinski definition) is 13. The monoisotopic (exact) mass is 1250 g/mol. The highest BCUT2D eigenvalue weighted by molar-refractivity contribution is 5.79. The number of allylic oxidation sites excluding steroid dienone is 2. The lowest BCUT2D eigenvalue weighted by Gasteiger charge is -2.71. The Kier molecular flexibility index (Phi) is 19.4. The van der Waals surface area contributed by atoms with Crippen molar-refractivity contribution in [1.29, 1.82) is 0 Å². The van der Waals surface area contributed by atoms with E-state index >= 15 is 4.79 Å². The fraction of sp³-hybridized carbons (Fsp3) is 0.934. The summed E-state index contributed by atoms with van der Waals surface area (Å²) in [6.45, 7) is 18.6. The quantitative estimate of drug-likeness (QED) is 0.0601. The maximum absolute atomic E-state index is 15.3. The summed E-state index contributed by atoms with van der Waals surface area (Å²) in [5, 5.41) is 142. The first kappa shape index (κ1) is 67.7. The van der Waals surface area contributed by atoms with Crippen LogP contribution in [0.1, 0.15) is 133 Å². The molecule has 5 saturated heterocycles. The molecule has 0 aromatic rings. The van der Waals surface area contributed by atoms with Gasteiger partial charge in [-0.1, -0.05) is 60.1 Å².